The summed E-state index contributed by atoms with van der Waals surface area (Å²) in [4.78, 5) is 3.41. The zero-order chi connectivity index (χ0) is 13.3. The van der Waals surface area contributed by atoms with Crippen molar-refractivity contribution in [2.24, 2.45) is 0 Å². The van der Waals surface area contributed by atoms with Crippen LogP contribution in [0.1, 0.15) is 6.42 Å². The van der Waals surface area contributed by atoms with Gasteiger partial charge in [0.15, 0.2) is 0 Å². The van der Waals surface area contributed by atoms with Gasteiger partial charge in [-0.05, 0) is 19.0 Å². The van der Waals surface area contributed by atoms with Crippen molar-refractivity contribution in [2.45, 2.75) is 11.3 Å². The van der Waals surface area contributed by atoms with Gasteiger partial charge in [-0.25, -0.2) is 8.42 Å². The minimum absolute atomic E-state index is 0.380. The minimum Gasteiger partial charge on any atom is -0.360 e. The largest absolute Gasteiger partial charge is 0.360 e. The number of rotatable bonds is 2. The highest BCUT2D eigenvalue weighted by Crippen LogP contribution is 2.25. The second kappa shape index (κ2) is 4.96. The number of hydrogen-bond acceptors (Lipinski definition) is 3. The van der Waals surface area contributed by atoms with E-state index < -0.39 is 10.0 Å². The van der Waals surface area contributed by atoms with E-state index in [0.29, 0.717) is 24.5 Å². The second-order valence-electron chi connectivity index (χ2n) is 4.71. The molecule has 0 unspecified atom stereocenters. The van der Waals surface area contributed by atoms with E-state index in [2.05, 4.69) is 10.3 Å². The molecule has 1 fully saturated rings. The van der Waals surface area contributed by atoms with Crippen LogP contribution in [-0.4, -0.2) is 43.9 Å². The van der Waals surface area contributed by atoms with Gasteiger partial charge in [-0.2, -0.15) is 4.31 Å². The van der Waals surface area contributed by atoms with Crippen LogP contribution in [0.4, 0.5) is 0 Å². The third kappa shape index (κ3) is 2.27. The van der Waals surface area contributed by atoms with Crippen LogP contribution >= 0.6 is 0 Å². The number of aromatic nitrogens is 1. The number of nitrogens with zero attached hydrogens (tertiary/aromatic N) is 1. The molecule has 102 valence electrons. The van der Waals surface area contributed by atoms with Gasteiger partial charge in [0.25, 0.3) is 0 Å². The Kier molecular flexibility index (Phi) is 3.30. The molecule has 1 aliphatic rings. The minimum atomic E-state index is -3.41. The molecule has 0 amide bonds. The Hall–Kier alpha value is -1.37. The van der Waals surface area contributed by atoms with E-state index in [1.54, 1.807) is 10.5 Å². The molecule has 0 spiro atoms. The SMILES string of the molecule is O=S(=O)(c1c[nH]c2ccccc12)N1CCCNCC1. The highest BCUT2D eigenvalue weighted by Gasteiger charge is 2.27. The van der Waals surface area contributed by atoms with Gasteiger partial charge < -0.3 is 10.3 Å². The summed E-state index contributed by atoms with van der Waals surface area (Å²) in [6, 6.07) is 7.48. The number of nitrogens with one attached hydrogen (secondary N) is 2. The molecule has 1 aliphatic heterocycles. The third-order valence-corrected chi connectivity index (χ3v) is 5.41. The van der Waals surface area contributed by atoms with E-state index in [9.17, 15) is 8.42 Å². The smallest absolute Gasteiger partial charge is 0.245 e. The molecule has 6 heteroatoms. The summed E-state index contributed by atoms with van der Waals surface area (Å²) < 4.78 is 27.0. The molecule has 2 heterocycles. The highest BCUT2D eigenvalue weighted by atomic mass is 32.2. The van der Waals surface area contributed by atoms with Gasteiger partial charge in [-0.3, -0.25) is 0 Å². The number of hydrogen-bond donors (Lipinski definition) is 2. The predicted molar refractivity (Wildman–Crippen MR) is 74.5 cm³/mol. The Balaban J connectivity index is 2.03. The first-order chi connectivity index (χ1) is 9.19. The second-order valence-corrected chi connectivity index (χ2v) is 6.61. The maximum atomic E-state index is 12.7. The van der Waals surface area contributed by atoms with Crippen LogP contribution in [0.25, 0.3) is 10.9 Å². The zero-order valence-corrected chi connectivity index (χ0v) is 11.4. The molecular formula is C13H17N3O2S. The molecule has 0 aliphatic carbocycles. The first kappa shape index (κ1) is 12.7. The molecule has 2 aromatic rings. The lowest BCUT2D eigenvalue weighted by atomic mass is 10.2. The van der Waals surface area contributed by atoms with Crippen LogP contribution in [0.3, 0.4) is 0 Å². The molecule has 19 heavy (non-hydrogen) atoms. The zero-order valence-electron chi connectivity index (χ0n) is 10.6. The number of aromatic amines is 1. The van der Waals surface area contributed by atoms with E-state index in [-0.39, 0.29) is 0 Å². The van der Waals surface area contributed by atoms with Crippen molar-refractivity contribution < 1.29 is 8.42 Å². The quantitative estimate of drug-likeness (QED) is 0.867. The van der Waals surface area contributed by atoms with E-state index in [1.165, 1.54) is 0 Å². The monoisotopic (exact) mass is 279 g/mol. The molecule has 0 atom stereocenters. The topological polar surface area (TPSA) is 65.2 Å². The summed E-state index contributed by atoms with van der Waals surface area (Å²) in [6.45, 7) is 2.69. The number of para-hydroxylation sites is 1. The Labute approximate surface area is 112 Å². The molecule has 1 saturated heterocycles. The van der Waals surface area contributed by atoms with Crippen molar-refractivity contribution >= 4 is 20.9 Å². The van der Waals surface area contributed by atoms with Crippen molar-refractivity contribution in [2.75, 3.05) is 26.2 Å². The van der Waals surface area contributed by atoms with Gasteiger partial charge in [-0.15, -0.1) is 0 Å². The van der Waals surface area contributed by atoms with Crippen LogP contribution in [0, 0.1) is 0 Å². The summed E-state index contributed by atoms with van der Waals surface area (Å²) in [7, 11) is -3.41. The summed E-state index contributed by atoms with van der Waals surface area (Å²) in [6.07, 6.45) is 2.44. The normalized spacial score (nSPS) is 18.5. The molecule has 1 aromatic carbocycles. The molecule has 3 rings (SSSR count). The van der Waals surface area contributed by atoms with Gasteiger partial charge in [0.1, 0.15) is 4.90 Å². The highest BCUT2D eigenvalue weighted by molar-refractivity contribution is 7.89. The first-order valence-electron chi connectivity index (χ1n) is 6.46. The first-order valence-corrected chi connectivity index (χ1v) is 7.90. The summed E-state index contributed by atoms with van der Waals surface area (Å²) in [5.41, 5.74) is 0.856. The lowest BCUT2D eigenvalue weighted by Crippen LogP contribution is -2.34. The van der Waals surface area contributed by atoms with E-state index in [1.807, 2.05) is 24.3 Å². The fourth-order valence-corrected chi connectivity index (χ4v) is 4.10. The van der Waals surface area contributed by atoms with Gasteiger partial charge in [-0.1, -0.05) is 18.2 Å². The summed E-state index contributed by atoms with van der Waals surface area (Å²) in [5.74, 6) is 0. The average molecular weight is 279 g/mol. The molecule has 5 nitrogen and oxygen atoms in total. The lowest BCUT2D eigenvalue weighted by Gasteiger charge is -2.19. The molecule has 2 N–H and O–H groups in total. The Morgan fingerprint density at radius 2 is 1.95 bits per heavy atom. The van der Waals surface area contributed by atoms with E-state index in [4.69, 9.17) is 0 Å². The van der Waals surface area contributed by atoms with Gasteiger partial charge in [0.05, 0.1) is 0 Å². The van der Waals surface area contributed by atoms with Crippen molar-refractivity contribution in [3.05, 3.63) is 30.5 Å². The van der Waals surface area contributed by atoms with Gasteiger partial charge in [0.2, 0.25) is 10.0 Å². The van der Waals surface area contributed by atoms with Crippen molar-refractivity contribution in [3.8, 4) is 0 Å². The van der Waals surface area contributed by atoms with E-state index >= 15 is 0 Å². The number of H-pyrrole nitrogens is 1. The molecule has 0 saturated carbocycles. The Bertz CT molecular complexity index is 670. The van der Waals surface area contributed by atoms with E-state index in [0.717, 1.165) is 23.9 Å². The lowest BCUT2D eigenvalue weighted by molar-refractivity contribution is 0.432. The van der Waals surface area contributed by atoms with Crippen LogP contribution in [0.2, 0.25) is 0 Å². The Morgan fingerprint density at radius 1 is 1.11 bits per heavy atom. The number of benzene rings is 1. The molecule has 0 bridgehead atoms. The Morgan fingerprint density at radius 3 is 2.84 bits per heavy atom. The van der Waals surface area contributed by atoms with Crippen LogP contribution in [0.15, 0.2) is 35.4 Å². The number of fused-ring (bicyclic) bond motifs is 1. The summed E-state index contributed by atoms with van der Waals surface area (Å²) in [5, 5.41) is 3.98. The molecular weight excluding hydrogens is 262 g/mol. The average Bonchev–Trinajstić information content (AvgIpc) is 2.65. The van der Waals surface area contributed by atoms with Gasteiger partial charge >= 0.3 is 0 Å². The van der Waals surface area contributed by atoms with Crippen molar-refractivity contribution in [3.63, 3.8) is 0 Å². The van der Waals surface area contributed by atoms with Crippen molar-refractivity contribution in [1.82, 2.24) is 14.6 Å². The molecule has 0 radical (unpaired) electrons. The number of sulfonamides is 1. The molecule has 1 aromatic heterocycles. The van der Waals surface area contributed by atoms with Crippen LogP contribution in [0.5, 0.6) is 0 Å². The fourth-order valence-electron chi connectivity index (χ4n) is 2.46. The maximum absolute atomic E-state index is 12.7. The fraction of sp³-hybridized carbons (Fsp3) is 0.385. The van der Waals surface area contributed by atoms with Gasteiger partial charge in [0, 0.05) is 36.7 Å². The maximum Gasteiger partial charge on any atom is 0.245 e. The van der Waals surface area contributed by atoms with Crippen molar-refractivity contribution in [1.29, 1.82) is 0 Å². The van der Waals surface area contributed by atoms with Crippen LogP contribution in [-0.2, 0) is 10.0 Å². The third-order valence-electron chi connectivity index (χ3n) is 3.47. The summed E-state index contributed by atoms with van der Waals surface area (Å²) >= 11 is 0. The standard InChI is InChI=1S/C13H17N3O2S/c17-19(18,16-8-3-6-14-7-9-16)13-10-15-12-5-2-1-4-11(12)13/h1-2,4-5,10,14-15H,3,6-9H2. The van der Waals surface area contributed by atoms with Crippen LogP contribution < -0.4 is 5.32 Å². The predicted octanol–water partition coefficient (Wildman–Crippen LogP) is 1.15.